The number of hydrogen-bond donors (Lipinski definition) is 4. The molecule has 0 aromatic heterocycles. The van der Waals surface area contributed by atoms with E-state index in [4.69, 9.17) is 28.4 Å². The SMILES string of the molecule is C=CC(=O)OCCOC(=O)Nc1ccc(C)c(NC(=O)OC(C)(I)CCCCOC(C)(C)C(=O)Nc2cc(NC(=O)OCCOC(=O)C=C)ccc2C)c1. The molecule has 0 radical (unpaired) electrons. The number of ether oxygens (including phenoxy) is 6. The number of aryl methyl sites for hydroxylation is 2. The molecule has 16 nitrogen and oxygen atoms in total. The van der Waals surface area contributed by atoms with Gasteiger partial charge in [-0.3, -0.25) is 20.7 Å². The average Bonchev–Trinajstić information content (AvgIpc) is 3.10. The van der Waals surface area contributed by atoms with Crippen LogP contribution in [0.1, 0.15) is 51.2 Å². The molecule has 0 heterocycles. The second-order valence-electron chi connectivity index (χ2n) is 12.2. The second kappa shape index (κ2) is 22.1. The summed E-state index contributed by atoms with van der Waals surface area (Å²) in [4.78, 5) is 72.3. The van der Waals surface area contributed by atoms with Gasteiger partial charge in [0.15, 0.2) is 3.61 Å². The van der Waals surface area contributed by atoms with Gasteiger partial charge in [-0.1, -0.05) is 25.3 Å². The van der Waals surface area contributed by atoms with E-state index in [1.807, 2.05) is 22.6 Å². The van der Waals surface area contributed by atoms with E-state index in [2.05, 4.69) is 34.4 Å². The first kappa shape index (κ1) is 45.0. The van der Waals surface area contributed by atoms with E-state index in [0.717, 1.165) is 23.3 Å². The van der Waals surface area contributed by atoms with E-state index >= 15 is 0 Å². The number of esters is 2. The highest BCUT2D eigenvalue weighted by Gasteiger charge is 2.30. The van der Waals surface area contributed by atoms with Gasteiger partial charge in [0.1, 0.15) is 32.0 Å². The summed E-state index contributed by atoms with van der Waals surface area (Å²) in [6.07, 6.45) is 1.48. The number of unbranched alkanes of at least 4 members (excludes halogenated alkanes) is 1. The van der Waals surface area contributed by atoms with Crippen molar-refractivity contribution in [2.24, 2.45) is 0 Å². The van der Waals surface area contributed by atoms with Crippen molar-refractivity contribution in [1.29, 1.82) is 0 Å². The molecule has 2 aromatic rings. The van der Waals surface area contributed by atoms with Crippen molar-refractivity contribution in [2.45, 2.75) is 63.1 Å². The molecule has 0 spiro atoms. The van der Waals surface area contributed by atoms with Crippen LogP contribution in [0.25, 0.3) is 0 Å². The van der Waals surface area contributed by atoms with Crippen LogP contribution in [-0.2, 0) is 42.8 Å². The summed E-state index contributed by atoms with van der Waals surface area (Å²) in [5.41, 5.74) is 1.90. The first-order valence-electron chi connectivity index (χ1n) is 16.8. The largest absolute Gasteiger partial charge is 0.459 e. The maximum atomic E-state index is 13.1. The fraction of sp³-hybridized carbons (Fsp3) is 0.405. The van der Waals surface area contributed by atoms with E-state index in [0.29, 0.717) is 42.0 Å². The Kier molecular flexibility index (Phi) is 18.4. The summed E-state index contributed by atoms with van der Waals surface area (Å²) >= 11 is 2.05. The molecule has 17 heteroatoms. The number of amides is 4. The summed E-state index contributed by atoms with van der Waals surface area (Å²) in [7, 11) is 0. The Morgan fingerprint density at radius 2 is 1.11 bits per heavy atom. The van der Waals surface area contributed by atoms with Crippen LogP contribution in [0.5, 0.6) is 0 Å². The summed E-state index contributed by atoms with van der Waals surface area (Å²) in [6, 6.07) is 9.84. The Labute approximate surface area is 327 Å². The molecule has 294 valence electrons. The molecular weight excluding hydrogens is 819 g/mol. The zero-order chi connectivity index (χ0) is 40.3. The molecule has 2 aromatic carbocycles. The van der Waals surface area contributed by atoms with Gasteiger partial charge in [-0.15, -0.1) is 0 Å². The van der Waals surface area contributed by atoms with Crippen molar-refractivity contribution in [3.8, 4) is 0 Å². The summed E-state index contributed by atoms with van der Waals surface area (Å²) < 4.78 is 30.2. The van der Waals surface area contributed by atoms with E-state index in [-0.39, 0.29) is 33.0 Å². The van der Waals surface area contributed by atoms with Crippen LogP contribution < -0.4 is 21.3 Å². The number of carbonyl (C=O) groups excluding carboxylic acids is 6. The maximum Gasteiger partial charge on any atom is 0.412 e. The fourth-order valence-electron chi connectivity index (χ4n) is 4.24. The summed E-state index contributed by atoms with van der Waals surface area (Å²) in [6.45, 7) is 14.9. The van der Waals surface area contributed by atoms with Crippen LogP contribution in [0.15, 0.2) is 61.7 Å². The van der Waals surface area contributed by atoms with Crippen LogP contribution in [0, 0.1) is 13.8 Å². The Hall–Kier alpha value is -5.17. The molecule has 0 aliphatic carbocycles. The van der Waals surface area contributed by atoms with E-state index < -0.39 is 45.3 Å². The first-order valence-corrected chi connectivity index (χ1v) is 17.8. The highest BCUT2D eigenvalue weighted by Crippen LogP contribution is 2.29. The molecule has 0 saturated heterocycles. The highest BCUT2D eigenvalue weighted by molar-refractivity contribution is 14.1. The van der Waals surface area contributed by atoms with Gasteiger partial charge in [0, 0.05) is 41.5 Å². The molecule has 0 aliphatic rings. The molecule has 1 atom stereocenters. The molecule has 4 amide bonds. The molecule has 1 unspecified atom stereocenters. The predicted molar refractivity (Wildman–Crippen MR) is 210 cm³/mol. The summed E-state index contributed by atoms with van der Waals surface area (Å²) in [5.74, 6) is -1.65. The first-order chi connectivity index (χ1) is 25.4. The van der Waals surface area contributed by atoms with Crippen molar-refractivity contribution < 1.29 is 57.2 Å². The maximum absolute atomic E-state index is 13.1. The van der Waals surface area contributed by atoms with Crippen molar-refractivity contribution in [1.82, 2.24) is 0 Å². The number of benzene rings is 2. The quantitative estimate of drug-likeness (QED) is 0.0261. The topological polar surface area (TPSA) is 206 Å². The van der Waals surface area contributed by atoms with Crippen LogP contribution in [0.3, 0.4) is 0 Å². The average molecular weight is 867 g/mol. The van der Waals surface area contributed by atoms with Crippen LogP contribution in [0.2, 0.25) is 0 Å². The van der Waals surface area contributed by atoms with Gasteiger partial charge in [0.25, 0.3) is 5.91 Å². The number of carbonyl (C=O) groups is 6. The Balaban J connectivity index is 1.78. The van der Waals surface area contributed by atoms with Gasteiger partial charge >= 0.3 is 30.2 Å². The molecule has 4 N–H and O–H groups in total. The number of rotatable bonds is 20. The van der Waals surface area contributed by atoms with E-state index in [1.165, 1.54) is 0 Å². The van der Waals surface area contributed by atoms with Gasteiger partial charge in [-0.05, 0) is 112 Å². The number of alkyl halides is 1. The molecule has 0 bridgehead atoms. The van der Waals surface area contributed by atoms with Crippen LogP contribution in [-0.4, -0.2) is 78.4 Å². The minimum Gasteiger partial charge on any atom is -0.459 e. The van der Waals surface area contributed by atoms with Gasteiger partial charge in [-0.25, -0.2) is 24.0 Å². The lowest BCUT2D eigenvalue weighted by Gasteiger charge is -2.26. The van der Waals surface area contributed by atoms with Gasteiger partial charge < -0.3 is 33.7 Å². The molecule has 0 fully saturated rings. The number of nitrogens with one attached hydrogen (secondary N) is 4. The molecule has 0 saturated carbocycles. The highest BCUT2D eigenvalue weighted by atomic mass is 127. The third-order valence-electron chi connectivity index (χ3n) is 7.24. The van der Waals surface area contributed by atoms with Gasteiger partial charge in [0.05, 0.1) is 0 Å². The Morgan fingerprint density at radius 1 is 0.648 bits per heavy atom. The lowest BCUT2D eigenvalue weighted by Crippen LogP contribution is -2.40. The third kappa shape index (κ3) is 17.1. The van der Waals surface area contributed by atoms with Gasteiger partial charge in [-0.2, -0.15) is 0 Å². The number of hydrogen-bond acceptors (Lipinski definition) is 12. The smallest absolute Gasteiger partial charge is 0.412 e. The minimum atomic E-state index is -1.19. The fourth-order valence-corrected chi connectivity index (χ4v) is 4.82. The standard InChI is InChI=1S/C37H47IN4O12/c1-8-30(43)49-18-20-51-33(46)39-26-14-12-24(3)28(22-26)41-32(45)36(5,6)53-17-11-10-16-37(7,38)54-35(48)42-29-23-27(15-13-25(29)4)40-34(47)52-21-19-50-31(44)9-2/h8-9,12-15,22-23H,1-2,10-11,16-21H2,3-7H3,(H,39,46)(H,40,47)(H,41,45)(H,42,48). The second-order valence-corrected chi connectivity index (χ2v) is 14.5. The Morgan fingerprint density at radius 3 is 1.59 bits per heavy atom. The normalized spacial score (nSPS) is 11.8. The molecule has 0 aliphatic heterocycles. The molecule has 2 rings (SSSR count). The zero-order valence-corrected chi connectivity index (χ0v) is 33.1. The van der Waals surface area contributed by atoms with Crippen molar-refractivity contribution in [3.63, 3.8) is 0 Å². The van der Waals surface area contributed by atoms with Crippen molar-refractivity contribution in [3.05, 3.63) is 72.8 Å². The monoisotopic (exact) mass is 866 g/mol. The lowest BCUT2D eigenvalue weighted by molar-refractivity contribution is -0.139. The van der Waals surface area contributed by atoms with Crippen LogP contribution in [0.4, 0.5) is 37.1 Å². The molecular formula is C37H47IN4O12. The number of anilines is 4. The number of halogens is 1. The third-order valence-corrected chi connectivity index (χ3v) is 8.00. The van der Waals surface area contributed by atoms with Crippen molar-refractivity contribution >= 4 is 81.5 Å². The molecule has 54 heavy (non-hydrogen) atoms. The van der Waals surface area contributed by atoms with Gasteiger partial charge in [0.2, 0.25) is 0 Å². The van der Waals surface area contributed by atoms with E-state index in [9.17, 15) is 28.8 Å². The van der Waals surface area contributed by atoms with E-state index in [1.54, 1.807) is 71.0 Å². The predicted octanol–water partition coefficient (Wildman–Crippen LogP) is 7.16. The minimum absolute atomic E-state index is 0.121. The Bertz CT molecular complexity index is 1680. The lowest BCUT2D eigenvalue weighted by atomic mass is 10.1. The van der Waals surface area contributed by atoms with Crippen LogP contribution >= 0.6 is 22.6 Å². The summed E-state index contributed by atoms with van der Waals surface area (Å²) in [5, 5.41) is 10.6. The zero-order valence-electron chi connectivity index (χ0n) is 31.0. The van der Waals surface area contributed by atoms with Crippen molar-refractivity contribution in [2.75, 3.05) is 54.3 Å².